The highest BCUT2D eigenvalue weighted by Crippen LogP contribution is 2.10. The lowest BCUT2D eigenvalue weighted by Gasteiger charge is -2.10. The van der Waals surface area contributed by atoms with Crippen LogP contribution in [0.5, 0.6) is 0 Å². The van der Waals surface area contributed by atoms with Gasteiger partial charge in [0.1, 0.15) is 0 Å². The predicted molar refractivity (Wildman–Crippen MR) is 73.8 cm³/mol. The lowest BCUT2D eigenvalue weighted by Crippen LogP contribution is -2.18. The number of aromatic nitrogens is 3. The highest BCUT2D eigenvalue weighted by molar-refractivity contribution is 7.99. The molecular formula is C12H18N4S. The van der Waals surface area contributed by atoms with Crippen LogP contribution in [0.2, 0.25) is 0 Å². The van der Waals surface area contributed by atoms with Crippen molar-refractivity contribution < 1.29 is 0 Å². The van der Waals surface area contributed by atoms with Gasteiger partial charge in [-0.25, -0.2) is 4.52 Å². The summed E-state index contributed by atoms with van der Waals surface area (Å²) in [5, 5.41) is 7.73. The van der Waals surface area contributed by atoms with Crippen LogP contribution in [0.4, 0.5) is 5.95 Å². The Kier molecular flexibility index (Phi) is 3.89. The van der Waals surface area contributed by atoms with E-state index in [0.29, 0.717) is 12.0 Å². The molecule has 0 aliphatic rings. The van der Waals surface area contributed by atoms with Crippen molar-refractivity contribution in [2.75, 3.05) is 16.8 Å². The third kappa shape index (κ3) is 3.12. The molecule has 0 saturated carbocycles. The van der Waals surface area contributed by atoms with Gasteiger partial charge < -0.3 is 5.32 Å². The fraction of sp³-hybridized carbons (Fsp3) is 0.500. The lowest BCUT2D eigenvalue weighted by atomic mass is 10.3. The Morgan fingerprint density at radius 3 is 3.06 bits per heavy atom. The largest absolute Gasteiger partial charge is 0.350 e. The summed E-state index contributed by atoms with van der Waals surface area (Å²) in [7, 11) is 0. The normalized spacial score (nSPS) is 12.9. The summed E-state index contributed by atoms with van der Waals surface area (Å²) in [6.07, 6.45) is 1.99. The molecule has 2 aromatic rings. The fourth-order valence-corrected chi connectivity index (χ4v) is 2.28. The van der Waals surface area contributed by atoms with Crippen LogP contribution in [-0.4, -0.2) is 32.1 Å². The Balaban J connectivity index is 2.08. The number of fused-ring (bicyclic) bond motifs is 1. The minimum absolute atomic E-state index is 0.387. The fourth-order valence-electron chi connectivity index (χ4n) is 1.60. The van der Waals surface area contributed by atoms with Crippen molar-refractivity contribution in [3.63, 3.8) is 0 Å². The first-order chi connectivity index (χ1) is 8.19. The third-order valence-electron chi connectivity index (χ3n) is 2.43. The molecule has 92 valence electrons. The summed E-state index contributed by atoms with van der Waals surface area (Å²) >= 11 is 1.92. The average molecular weight is 250 g/mol. The second-order valence-corrected chi connectivity index (χ2v) is 5.47. The van der Waals surface area contributed by atoms with Gasteiger partial charge in [0.15, 0.2) is 5.65 Å². The molecule has 0 fully saturated rings. The van der Waals surface area contributed by atoms with Crippen molar-refractivity contribution in [2.45, 2.75) is 26.8 Å². The number of hydrogen-bond donors (Lipinski definition) is 1. The number of nitrogens with zero attached hydrogens (tertiary/aromatic N) is 3. The van der Waals surface area contributed by atoms with E-state index in [-0.39, 0.29) is 0 Å². The van der Waals surface area contributed by atoms with Gasteiger partial charge in [-0.2, -0.15) is 16.7 Å². The summed E-state index contributed by atoms with van der Waals surface area (Å²) in [6, 6.07) is 4.42. The molecule has 0 aromatic carbocycles. The molecule has 5 heteroatoms. The molecular weight excluding hydrogens is 232 g/mol. The maximum Gasteiger partial charge on any atom is 0.243 e. The van der Waals surface area contributed by atoms with Crippen molar-refractivity contribution >= 4 is 23.4 Å². The quantitative estimate of drug-likeness (QED) is 0.885. The van der Waals surface area contributed by atoms with E-state index in [9.17, 15) is 0 Å². The monoisotopic (exact) mass is 250 g/mol. The van der Waals surface area contributed by atoms with Crippen LogP contribution in [0.1, 0.15) is 19.4 Å². The Bertz CT molecular complexity index is 494. The minimum Gasteiger partial charge on any atom is -0.350 e. The van der Waals surface area contributed by atoms with Crippen molar-refractivity contribution in [3.8, 4) is 0 Å². The van der Waals surface area contributed by atoms with Crippen LogP contribution in [0.3, 0.4) is 0 Å². The third-order valence-corrected chi connectivity index (χ3v) is 3.57. The number of hydrogen-bond acceptors (Lipinski definition) is 4. The summed E-state index contributed by atoms with van der Waals surface area (Å²) in [5.74, 6) is 2.93. The Morgan fingerprint density at radius 1 is 1.47 bits per heavy atom. The number of anilines is 1. The van der Waals surface area contributed by atoms with Crippen molar-refractivity contribution in [3.05, 3.63) is 23.9 Å². The van der Waals surface area contributed by atoms with E-state index in [1.807, 2.05) is 34.6 Å². The molecule has 0 radical (unpaired) electrons. The summed E-state index contributed by atoms with van der Waals surface area (Å²) in [5.41, 5.74) is 2.07. The second kappa shape index (κ2) is 5.40. The molecule has 0 spiro atoms. The van der Waals surface area contributed by atoms with Crippen LogP contribution in [0.15, 0.2) is 18.3 Å². The number of pyridine rings is 1. The molecule has 17 heavy (non-hydrogen) atoms. The summed E-state index contributed by atoms with van der Waals surface area (Å²) in [6.45, 7) is 6.37. The maximum absolute atomic E-state index is 4.43. The molecule has 2 rings (SSSR count). The van der Waals surface area contributed by atoms with Crippen LogP contribution in [0.25, 0.3) is 5.65 Å². The first-order valence-corrected chi connectivity index (χ1v) is 7.02. The Hall–Kier alpha value is -1.23. The van der Waals surface area contributed by atoms with Gasteiger partial charge in [0.05, 0.1) is 0 Å². The maximum atomic E-state index is 4.43. The van der Waals surface area contributed by atoms with Gasteiger partial charge in [-0.3, -0.25) is 0 Å². The Morgan fingerprint density at radius 2 is 2.29 bits per heavy atom. The Labute approximate surface area is 106 Å². The number of nitrogens with one attached hydrogen (secondary N) is 1. The van der Waals surface area contributed by atoms with Gasteiger partial charge in [0.2, 0.25) is 5.95 Å². The van der Waals surface area contributed by atoms with E-state index < -0.39 is 0 Å². The van der Waals surface area contributed by atoms with E-state index in [0.717, 1.165) is 17.2 Å². The van der Waals surface area contributed by atoms with Gasteiger partial charge in [-0.05, 0) is 31.2 Å². The molecule has 4 nitrogen and oxygen atoms in total. The molecule has 0 amide bonds. The highest BCUT2D eigenvalue weighted by atomic mass is 32.2. The van der Waals surface area contributed by atoms with E-state index >= 15 is 0 Å². The van der Waals surface area contributed by atoms with Gasteiger partial charge in [-0.1, -0.05) is 13.0 Å². The number of rotatable bonds is 5. The lowest BCUT2D eigenvalue weighted by molar-refractivity contribution is 0.873. The molecule has 0 saturated heterocycles. The van der Waals surface area contributed by atoms with E-state index in [1.54, 1.807) is 0 Å². The zero-order chi connectivity index (χ0) is 12.3. The minimum atomic E-state index is 0.387. The average Bonchev–Trinajstić information content (AvgIpc) is 2.67. The van der Waals surface area contributed by atoms with Gasteiger partial charge in [-0.15, -0.1) is 5.10 Å². The zero-order valence-electron chi connectivity index (χ0n) is 10.5. The molecule has 1 unspecified atom stereocenters. The molecule has 1 N–H and O–H groups in total. The smallest absolute Gasteiger partial charge is 0.243 e. The summed E-state index contributed by atoms with van der Waals surface area (Å²) in [4.78, 5) is 4.43. The first kappa shape index (κ1) is 12.2. The van der Waals surface area contributed by atoms with Gasteiger partial charge in [0, 0.05) is 18.0 Å². The molecule has 0 bridgehead atoms. The van der Waals surface area contributed by atoms with Crippen LogP contribution >= 0.6 is 11.8 Å². The van der Waals surface area contributed by atoms with Crippen LogP contribution < -0.4 is 5.32 Å². The first-order valence-electron chi connectivity index (χ1n) is 5.86. The van der Waals surface area contributed by atoms with Crippen molar-refractivity contribution in [1.82, 2.24) is 14.6 Å². The standard InChI is InChI=1S/C12H18N4S/c1-4-17-8-10(3)13-12-14-11-6-5-9(2)7-16(11)15-12/h5-7,10H,4,8H2,1-3H3,(H,13,15). The van der Waals surface area contributed by atoms with Crippen LogP contribution in [0, 0.1) is 6.92 Å². The zero-order valence-corrected chi connectivity index (χ0v) is 11.3. The number of aryl methyl sites for hydroxylation is 1. The molecule has 0 aliphatic carbocycles. The molecule has 1 atom stereocenters. The second-order valence-electron chi connectivity index (χ2n) is 4.15. The number of thioether (sulfide) groups is 1. The highest BCUT2D eigenvalue weighted by Gasteiger charge is 2.07. The SMILES string of the molecule is CCSCC(C)Nc1nc2ccc(C)cn2n1. The van der Waals surface area contributed by atoms with Crippen molar-refractivity contribution in [2.24, 2.45) is 0 Å². The predicted octanol–water partition coefficient (Wildman–Crippen LogP) is 2.59. The van der Waals surface area contributed by atoms with E-state index in [2.05, 4.69) is 36.2 Å². The molecule has 2 heterocycles. The topological polar surface area (TPSA) is 42.2 Å². The van der Waals surface area contributed by atoms with Crippen molar-refractivity contribution in [1.29, 1.82) is 0 Å². The molecule has 2 aromatic heterocycles. The van der Waals surface area contributed by atoms with Gasteiger partial charge >= 0.3 is 0 Å². The van der Waals surface area contributed by atoms with E-state index in [4.69, 9.17) is 0 Å². The van der Waals surface area contributed by atoms with Crippen LogP contribution in [-0.2, 0) is 0 Å². The summed E-state index contributed by atoms with van der Waals surface area (Å²) < 4.78 is 1.82. The van der Waals surface area contributed by atoms with Gasteiger partial charge in [0.25, 0.3) is 0 Å². The molecule has 0 aliphatic heterocycles. The van der Waals surface area contributed by atoms with E-state index in [1.165, 1.54) is 5.56 Å².